The maximum Gasteiger partial charge on any atom is 0.410 e. The number of hydrogen-bond donors (Lipinski definition) is 2. The van der Waals surface area contributed by atoms with Crippen molar-refractivity contribution in [3.8, 4) is 11.5 Å². The van der Waals surface area contributed by atoms with Crippen molar-refractivity contribution in [3.05, 3.63) is 23.3 Å². The van der Waals surface area contributed by atoms with Gasteiger partial charge in [-0.05, 0) is 58.4 Å². The van der Waals surface area contributed by atoms with Gasteiger partial charge in [0.05, 0.1) is 18.8 Å². The summed E-state index contributed by atoms with van der Waals surface area (Å²) in [4.78, 5) is 40.4. The monoisotopic (exact) mass is 562 g/mol. The van der Waals surface area contributed by atoms with Crippen LogP contribution in [-0.4, -0.2) is 102 Å². The third-order valence-electron chi connectivity index (χ3n) is 7.63. The number of rotatable bonds is 4. The van der Waals surface area contributed by atoms with Crippen molar-refractivity contribution in [3.63, 3.8) is 0 Å². The van der Waals surface area contributed by atoms with E-state index in [2.05, 4.69) is 4.90 Å². The second-order valence-electron chi connectivity index (χ2n) is 11.9. The SMILES string of the molecule is CC(C)(C)OC(=O)N1CCC(CN2CCOCCCCOc3cc(cc(C(=O)O)c3C(=O)O)OC3CC2C3)CC1. The van der Waals surface area contributed by atoms with Crippen LogP contribution in [0, 0.1) is 5.92 Å². The van der Waals surface area contributed by atoms with Crippen LogP contribution in [-0.2, 0) is 9.47 Å². The molecule has 3 heterocycles. The average molecular weight is 563 g/mol. The van der Waals surface area contributed by atoms with E-state index in [-0.39, 0.29) is 35.7 Å². The lowest BCUT2D eigenvalue weighted by molar-refractivity contribution is -0.0131. The Morgan fingerprint density at radius 2 is 1.68 bits per heavy atom. The quantitative estimate of drug-likeness (QED) is 0.551. The summed E-state index contributed by atoms with van der Waals surface area (Å²) in [6.45, 7) is 10.1. The van der Waals surface area contributed by atoms with Crippen LogP contribution in [0.1, 0.15) is 80.0 Å². The lowest BCUT2D eigenvalue weighted by Crippen LogP contribution is -2.52. The zero-order valence-electron chi connectivity index (χ0n) is 23.7. The first kappa shape index (κ1) is 29.9. The molecule has 1 aliphatic carbocycles. The molecule has 0 radical (unpaired) electrons. The Bertz CT molecular complexity index is 1060. The smallest absolute Gasteiger partial charge is 0.410 e. The molecule has 0 spiro atoms. The fourth-order valence-electron chi connectivity index (χ4n) is 5.44. The normalized spacial score (nSPS) is 23.3. The van der Waals surface area contributed by atoms with Crippen molar-refractivity contribution in [2.75, 3.05) is 46.0 Å². The van der Waals surface area contributed by atoms with Gasteiger partial charge in [0.1, 0.15) is 28.8 Å². The standard InChI is InChI=1S/C29H42N2O9/c1-29(2,3)40-28(36)30-8-6-19(7-9-30)18-31-10-13-37-11-4-5-12-38-24-17-22(39-21-14-20(31)15-21)16-23(26(32)33)25(24)27(34)35/h16-17,19-21H,4-15,18H2,1-3H3,(H,32,33)(H,34,35). The van der Waals surface area contributed by atoms with Crippen LogP contribution in [0.5, 0.6) is 11.5 Å². The van der Waals surface area contributed by atoms with Gasteiger partial charge in [-0.1, -0.05) is 0 Å². The van der Waals surface area contributed by atoms with Gasteiger partial charge < -0.3 is 34.1 Å². The second kappa shape index (κ2) is 13.1. The first-order chi connectivity index (χ1) is 19.0. The summed E-state index contributed by atoms with van der Waals surface area (Å²) >= 11 is 0. The number of amides is 1. The zero-order valence-corrected chi connectivity index (χ0v) is 23.7. The van der Waals surface area contributed by atoms with Crippen molar-refractivity contribution in [2.45, 2.75) is 77.0 Å². The van der Waals surface area contributed by atoms with Gasteiger partial charge in [-0.3, -0.25) is 4.90 Å². The molecule has 40 heavy (non-hydrogen) atoms. The van der Waals surface area contributed by atoms with Gasteiger partial charge in [0.15, 0.2) is 0 Å². The first-order valence-electron chi connectivity index (χ1n) is 14.2. The van der Waals surface area contributed by atoms with Crippen LogP contribution >= 0.6 is 0 Å². The van der Waals surface area contributed by atoms with Crippen LogP contribution in [0.3, 0.4) is 0 Å². The lowest BCUT2D eigenvalue weighted by atomic mass is 9.86. The molecule has 0 aromatic heterocycles. The molecule has 222 valence electrons. The van der Waals surface area contributed by atoms with Crippen molar-refractivity contribution in [1.29, 1.82) is 0 Å². The number of carboxylic acid groups (broad SMARTS) is 2. The summed E-state index contributed by atoms with van der Waals surface area (Å²) in [5.41, 5.74) is -1.22. The van der Waals surface area contributed by atoms with Gasteiger partial charge in [-0.15, -0.1) is 0 Å². The Morgan fingerprint density at radius 1 is 0.975 bits per heavy atom. The topological polar surface area (TPSA) is 135 Å². The number of aromatic carboxylic acids is 2. The minimum atomic E-state index is -1.35. The van der Waals surface area contributed by atoms with Crippen molar-refractivity contribution >= 4 is 18.0 Å². The summed E-state index contributed by atoms with van der Waals surface area (Å²) in [5, 5.41) is 19.3. The number of likely N-dealkylation sites (tertiary alicyclic amines) is 1. The molecule has 1 saturated carbocycles. The molecule has 3 aliphatic heterocycles. The van der Waals surface area contributed by atoms with Crippen LogP contribution in [0.15, 0.2) is 12.1 Å². The number of carbonyl (C=O) groups is 3. The molecule has 1 aromatic rings. The summed E-state index contributed by atoms with van der Waals surface area (Å²) in [6.07, 6.45) is 4.39. The summed E-state index contributed by atoms with van der Waals surface area (Å²) in [5.74, 6) is -1.92. The number of hydrogen-bond acceptors (Lipinski definition) is 8. The summed E-state index contributed by atoms with van der Waals surface area (Å²) in [7, 11) is 0. The largest absolute Gasteiger partial charge is 0.493 e. The fraction of sp³-hybridized carbons (Fsp3) is 0.690. The number of nitrogens with zero attached hydrogens (tertiary/aromatic N) is 2. The van der Waals surface area contributed by atoms with Gasteiger partial charge >= 0.3 is 18.0 Å². The van der Waals surface area contributed by atoms with E-state index in [1.807, 2.05) is 20.8 Å². The fourth-order valence-corrected chi connectivity index (χ4v) is 5.44. The van der Waals surface area contributed by atoms with Gasteiger partial charge in [-0.25, -0.2) is 14.4 Å². The molecule has 1 saturated heterocycles. The number of carbonyl (C=O) groups excluding carboxylic acids is 1. The molecule has 2 fully saturated rings. The van der Waals surface area contributed by atoms with Crippen molar-refractivity contribution in [2.24, 2.45) is 5.92 Å². The molecule has 4 aliphatic rings. The van der Waals surface area contributed by atoms with E-state index in [9.17, 15) is 24.6 Å². The van der Waals surface area contributed by atoms with Gasteiger partial charge in [0.25, 0.3) is 0 Å². The lowest BCUT2D eigenvalue weighted by Gasteiger charge is -2.45. The minimum Gasteiger partial charge on any atom is -0.493 e. The van der Waals surface area contributed by atoms with E-state index in [1.165, 1.54) is 12.1 Å². The van der Waals surface area contributed by atoms with Gasteiger partial charge in [0, 0.05) is 57.7 Å². The van der Waals surface area contributed by atoms with Crippen LogP contribution in [0.25, 0.3) is 0 Å². The van der Waals surface area contributed by atoms with E-state index < -0.39 is 17.5 Å². The molecule has 0 atom stereocenters. The summed E-state index contributed by atoms with van der Waals surface area (Å²) in [6, 6.07) is 3.07. The van der Waals surface area contributed by atoms with Crippen LogP contribution in [0.2, 0.25) is 0 Å². The highest BCUT2D eigenvalue weighted by Crippen LogP contribution is 2.35. The Morgan fingerprint density at radius 3 is 2.33 bits per heavy atom. The Kier molecular flexibility index (Phi) is 9.78. The Labute approximate surface area is 235 Å². The van der Waals surface area contributed by atoms with Crippen LogP contribution < -0.4 is 9.47 Å². The zero-order chi connectivity index (χ0) is 28.9. The predicted molar refractivity (Wildman–Crippen MR) is 145 cm³/mol. The van der Waals surface area contributed by atoms with E-state index >= 15 is 0 Å². The highest BCUT2D eigenvalue weighted by atomic mass is 16.6. The van der Waals surface area contributed by atoms with Crippen molar-refractivity contribution < 1.29 is 43.5 Å². The maximum atomic E-state index is 12.4. The highest BCUT2D eigenvalue weighted by molar-refractivity contribution is 6.04. The molecule has 1 amide bonds. The van der Waals surface area contributed by atoms with Gasteiger partial charge in [-0.2, -0.15) is 0 Å². The number of benzene rings is 1. The number of ether oxygens (including phenoxy) is 4. The van der Waals surface area contributed by atoms with Gasteiger partial charge in [0.2, 0.25) is 0 Å². The number of piperidine rings is 1. The number of carboxylic acids is 2. The molecule has 4 bridgehead atoms. The Hall–Kier alpha value is -3.05. The van der Waals surface area contributed by atoms with Crippen LogP contribution in [0.4, 0.5) is 4.79 Å². The number of fused-ring (bicyclic) bond motifs is 8. The molecule has 1 aromatic carbocycles. The predicted octanol–water partition coefficient (Wildman–Crippen LogP) is 4.13. The Balaban J connectivity index is 1.40. The summed E-state index contributed by atoms with van der Waals surface area (Å²) < 4.78 is 23.3. The third-order valence-corrected chi connectivity index (χ3v) is 7.63. The average Bonchev–Trinajstić information content (AvgIpc) is 2.85. The van der Waals surface area contributed by atoms with E-state index in [4.69, 9.17) is 18.9 Å². The molecular weight excluding hydrogens is 520 g/mol. The molecular formula is C29H42N2O9. The molecule has 5 rings (SSSR count). The van der Waals surface area contributed by atoms with E-state index in [0.717, 1.165) is 45.2 Å². The maximum absolute atomic E-state index is 12.4. The minimum absolute atomic E-state index is 0.00522. The molecule has 11 nitrogen and oxygen atoms in total. The van der Waals surface area contributed by atoms with E-state index in [1.54, 1.807) is 4.90 Å². The first-order valence-corrected chi connectivity index (χ1v) is 14.2. The molecule has 2 N–H and O–H groups in total. The molecule has 11 heteroatoms. The third kappa shape index (κ3) is 8.00. The highest BCUT2D eigenvalue weighted by Gasteiger charge is 2.37. The van der Waals surface area contributed by atoms with E-state index in [0.29, 0.717) is 50.4 Å². The van der Waals surface area contributed by atoms with Crippen molar-refractivity contribution in [1.82, 2.24) is 9.80 Å². The second-order valence-corrected chi connectivity index (χ2v) is 11.9. The molecule has 0 unspecified atom stereocenters.